The lowest BCUT2D eigenvalue weighted by Crippen LogP contribution is -2.37. The Morgan fingerprint density at radius 1 is 1.44 bits per heavy atom. The van der Waals surface area contributed by atoms with Gasteiger partial charge in [-0.05, 0) is 46.5 Å². The van der Waals surface area contributed by atoms with Gasteiger partial charge in [0.25, 0.3) is 5.91 Å². The zero-order chi connectivity index (χ0) is 13.7. The number of hydrogen-bond acceptors (Lipinski definition) is 1. The first-order valence-corrected chi connectivity index (χ1v) is 7.67. The van der Waals surface area contributed by atoms with E-state index in [1.54, 1.807) is 0 Å². The van der Waals surface area contributed by atoms with Crippen LogP contribution in [0.5, 0.6) is 0 Å². The Balaban J connectivity index is 2.71. The number of halogens is 3. The Kier molecular flexibility index (Phi) is 6.29. The van der Waals surface area contributed by atoms with E-state index in [1.165, 1.54) is 18.2 Å². The molecule has 0 fully saturated rings. The molecule has 0 aliphatic rings. The molecule has 1 rings (SSSR count). The van der Waals surface area contributed by atoms with E-state index in [-0.39, 0.29) is 17.8 Å². The lowest BCUT2D eigenvalue weighted by Gasteiger charge is -2.18. The van der Waals surface area contributed by atoms with Crippen molar-refractivity contribution >= 4 is 37.8 Å². The summed E-state index contributed by atoms with van der Waals surface area (Å²) in [5, 5.41) is 3.64. The van der Waals surface area contributed by atoms with Crippen LogP contribution in [0.4, 0.5) is 4.39 Å². The van der Waals surface area contributed by atoms with E-state index < -0.39 is 0 Å². The minimum Gasteiger partial charge on any atom is -0.348 e. The second kappa shape index (κ2) is 7.24. The zero-order valence-corrected chi connectivity index (χ0v) is 13.5. The monoisotopic (exact) mass is 379 g/mol. The molecular weight excluding hydrogens is 365 g/mol. The summed E-state index contributed by atoms with van der Waals surface area (Å²) in [5.74, 6) is -0.0422. The van der Waals surface area contributed by atoms with Gasteiger partial charge in [-0.15, -0.1) is 0 Å². The summed E-state index contributed by atoms with van der Waals surface area (Å²) in [6.07, 6.45) is 0.902. The fourth-order valence-electron chi connectivity index (χ4n) is 1.64. The second-order valence-corrected chi connectivity index (χ2v) is 6.08. The van der Waals surface area contributed by atoms with E-state index in [9.17, 15) is 9.18 Å². The first-order chi connectivity index (χ1) is 8.43. The highest BCUT2D eigenvalue weighted by atomic mass is 79.9. The highest BCUT2D eigenvalue weighted by Crippen LogP contribution is 2.17. The number of amides is 1. The summed E-state index contributed by atoms with van der Waals surface area (Å²) in [4.78, 5) is 12.0. The van der Waals surface area contributed by atoms with Crippen molar-refractivity contribution in [2.45, 2.75) is 26.3 Å². The third-order valence-electron chi connectivity index (χ3n) is 2.46. The van der Waals surface area contributed by atoms with Crippen molar-refractivity contribution in [3.8, 4) is 0 Å². The number of nitrogens with one attached hydrogen (secondary N) is 1. The van der Waals surface area contributed by atoms with Crippen LogP contribution >= 0.6 is 31.9 Å². The predicted molar refractivity (Wildman–Crippen MR) is 78.6 cm³/mol. The molecule has 0 spiro atoms. The molecule has 0 saturated carbocycles. The molecule has 0 aliphatic carbocycles. The highest BCUT2D eigenvalue weighted by Gasteiger charge is 2.15. The number of rotatable bonds is 5. The topological polar surface area (TPSA) is 29.1 Å². The fraction of sp³-hybridized carbons (Fsp3) is 0.462. The standard InChI is InChI=1S/C13H16Br2FNO/c1-8(2)5-10(7-14)17-13(18)9-3-4-12(16)11(15)6-9/h3-4,6,8,10H,5,7H2,1-2H3,(H,17,18). The van der Waals surface area contributed by atoms with Crippen LogP contribution in [0.25, 0.3) is 0 Å². The lowest BCUT2D eigenvalue weighted by molar-refractivity contribution is 0.0937. The minimum absolute atomic E-state index is 0.0846. The van der Waals surface area contributed by atoms with Gasteiger partial charge < -0.3 is 5.32 Å². The summed E-state index contributed by atoms with van der Waals surface area (Å²) < 4.78 is 13.4. The summed E-state index contributed by atoms with van der Waals surface area (Å²) in [6, 6.07) is 4.34. The van der Waals surface area contributed by atoms with E-state index >= 15 is 0 Å². The third kappa shape index (κ3) is 4.69. The summed E-state index contributed by atoms with van der Waals surface area (Å²) in [7, 11) is 0. The molecule has 5 heteroatoms. The maximum absolute atomic E-state index is 13.1. The quantitative estimate of drug-likeness (QED) is 0.764. The van der Waals surface area contributed by atoms with Crippen molar-refractivity contribution in [3.05, 3.63) is 34.1 Å². The normalized spacial score (nSPS) is 12.6. The summed E-state index contributed by atoms with van der Waals surface area (Å²) >= 11 is 6.46. The second-order valence-electron chi connectivity index (χ2n) is 4.58. The average molecular weight is 381 g/mol. The van der Waals surface area contributed by atoms with Crippen LogP contribution in [0.15, 0.2) is 22.7 Å². The van der Waals surface area contributed by atoms with E-state index in [2.05, 4.69) is 51.0 Å². The first kappa shape index (κ1) is 15.6. The molecule has 1 aromatic carbocycles. The van der Waals surface area contributed by atoms with Crippen LogP contribution in [-0.2, 0) is 0 Å². The van der Waals surface area contributed by atoms with Gasteiger partial charge in [0, 0.05) is 16.9 Å². The third-order valence-corrected chi connectivity index (χ3v) is 3.85. The molecule has 0 aliphatic heterocycles. The van der Waals surface area contributed by atoms with E-state index in [0.29, 0.717) is 21.3 Å². The first-order valence-electron chi connectivity index (χ1n) is 5.76. The van der Waals surface area contributed by atoms with Gasteiger partial charge in [0.15, 0.2) is 0 Å². The van der Waals surface area contributed by atoms with Gasteiger partial charge in [-0.2, -0.15) is 0 Å². The van der Waals surface area contributed by atoms with E-state index in [1.807, 2.05) is 0 Å². The molecule has 0 heterocycles. The molecule has 0 bridgehead atoms. The number of carbonyl (C=O) groups is 1. The molecule has 18 heavy (non-hydrogen) atoms. The molecule has 0 radical (unpaired) electrons. The average Bonchev–Trinajstić information content (AvgIpc) is 2.31. The van der Waals surface area contributed by atoms with Gasteiger partial charge in [0.05, 0.1) is 4.47 Å². The Morgan fingerprint density at radius 2 is 2.11 bits per heavy atom. The molecule has 1 N–H and O–H groups in total. The number of hydrogen-bond donors (Lipinski definition) is 1. The SMILES string of the molecule is CC(C)CC(CBr)NC(=O)c1ccc(F)c(Br)c1. The van der Waals surface area contributed by atoms with Crippen molar-refractivity contribution in [1.82, 2.24) is 5.32 Å². The van der Waals surface area contributed by atoms with Crippen LogP contribution in [0.3, 0.4) is 0 Å². The maximum atomic E-state index is 13.1. The van der Waals surface area contributed by atoms with Crippen LogP contribution in [0, 0.1) is 11.7 Å². The van der Waals surface area contributed by atoms with Crippen molar-refractivity contribution in [1.29, 1.82) is 0 Å². The van der Waals surface area contributed by atoms with Gasteiger partial charge in [-0.1, -0.05) is 29.8 Å². The lowest BCUT2D eigenvalue weighted by atomic mass is 10.0. The highest BCUT2D eigenvalue weighted by molar-refractivity contribution is 9.10. The smallest absolute Gasteiger partial charge is 0.251 e. The molecular formula is C13H16Br2FNO. The van der Waals surface area contributed by atoms with Crippen molar-refractivity contribution in [2.75, 3.05) is 5.33 Å². The molecule has 1 amide bonds. The number of benzene rings is 1. The Hall–Kier alpha value is -0.420. The van der Waals surface area contributed by atoms with Crippen LogP contribution in [0.1, 0.15) is 30.6 Å². The van der Waals surface area contributed by atoms with Crippen molar-refractivity contribution in [3.63, 3.8) is 0 Å². The van der Waals surface area contributed by atoms with Crippen LogP contribution in [0.2, 0.25) is 0 Å². The van der Waals surface area contributed by atoms with E-state index in [0.717, 1.165) is 6.42 Å². The number of alkyl halides is 1. The predicted octanol–water partition coefficient (Wildman–Crippen LogP) is 4.13. The van der Waals surface area contributed by atoms with E-state index in [4.69, 9.17) is 0 Å². The number of carbonyl (C=O) groups excluding carboxylic acids is 1. The van der Waals surface area contributed by atoms with Crippen molar-refractivity contribution in [2.24, 2.45) is 5.92 Å². The Bertz CT molecular complexity index is 423. The van der Waals surface area contributed by atoms with Crippen LogP contribution in [-0.4, -0.2) is 17.3 Å². The molecule has 0 aromatic heterocycles. The van der Waals surface area contributed by atoms with Gasteiger partial charge in [-0.3, -0.25) is 4.79 Å². The largest absolute Gasteiger partial charge is 0.348 e. The molecule has 2 nitrogen and oxygen atoms in total. The maximum Gasteiger partial charge on any atom is 0.251 e. The molecule has 0 saturated heterocycles. The minimum atomic E-state index is -0.370. The van der Waals surface area contributed by atoms with Gasteiger partial charge in [0.2, 0.25) is 0 Å². The summed E-state index contributed by atoms with van der Waals surface area (Å²) in [6.45, 7) is 4.21. The van der Waals surface area contributed by atoms with Crippen molar-refractivity contribution < 1.29 is 9.18 Å². The zero-order valence-electron chi connectivity index (χ0n) is 10.3. The van der Waals surface area contributed by atoms with Gasteiger partial charge in [0.1, 0.15) is 5.82 Å². The fourth-order valence-corrected chi connectivity index (χ4v) is 2.44. The molecule has 1 aromatic rings. The van der Waals surface area contributed by atoms with Gasteiger partial charge in [-0.25, -0.2) is 4.39 Å². The molecule has 1 unspecified atom stereocenters. The van der Waals surface area contributed by atoms with Crippen LogP contribution < -0.4 is 5.32 Å². The van der Waals surface area contributed by atoms with Gasteiger partial charge >= 0.3 is 0 Å². The Morgan fingerprint density at radius 3 is 2.61 bits per heavy atom. The molecule has 100 valence electrons. The summed E-state index contributed by atoms with van der Waals surface area (Å²) in [5.41, 5.74) is 0.456. The Labute approximate surface area is 124 Å². The molecule has 1 atom stereocenters.